The van der Waals surface area contributed by atoms with Crippen LogP contribution in [-0.2, 0) is 33.4 Å². The maximum Gasteiger partial charge on any atom is 0.137 e. The number of aromatic nitrogens is 2. The fourth-order valence-electron chi connectivity index (χ4n) is 12.7. The minimum atomic E-state index is -1.73. The zero-order valence-corrected chi connectivity index (χ0v) is 52.4. The number of hydrogen-bond donors (Lipinski definition) is 0. The van der Waals surface area contributed by atoms with Crippen LogP contribution in [0.25, 0.3) is 61.0 Å². The average molecular weight is 1110 g/mol. The molecule has 1 aliphatic heterocycles. The summed E-state index contributed by atoms with van der Waals surface area (Å²) in [5.74, 6) is 1.90. The first-order chi connectivity index (χ1) is 41.7. The van der Waals surface area contributed by atoms with Gasteiger partial charge in [-0.05, 0) is 150 Å². The van der Waals surface area contributed by atoms with Crippen LogP contribution >= 0.6 is 0 Å². The molecule has 0 unspecified atom stereocenters. The highest BCUT2D eigenvalue weighted by Crippen LogP contribution is 2.54. The number of fused-ring (bicyclic) bond motifs is 5. The molecule has 2 aromatic heterocycles. The summed E-state index contributed by atoms with van der Waals surface area (Å²) in [6.45, 7) is 35.3. The number of para-hydroxylation sites is 4. The molecule has 0 bridgehead atoms. The number of anilines is 4. The highest BCUT2D eigenvalue weighted by molar-refractivity contribution is 6.09. The lowest BCUT2D eigenvalue weighted by molar-refractivity contribution is 0.332. The van der Waals surface area contributed by atoms with Gasteiger partial charge in [0.05, 0.1) is 32.2 Å². The van der Waals surface area contributed by atoms with E-state index in [1.165, 1.54) is 16.7 Å². The van der Waals surface area contributed by atoms with E-state index in [4.69, 9.17) is 9.72 Å². The van der Waals surface area contributed by atoms with E-state index in [-0.39, 0.29) is 39.2 Å². The van der Waals surface area contributed by atoms with E-state index < -0.39 is 11.8 Å². The predicted molar refractivity (Wildman–Crippen MR) is 358 cm³/mol. The van der Waals surface area contributed by atoms with Crippen molar-refractivity contribution in [3.63, 3.8) is 0 Å². The molecule has 12 rings (SSSR count). The molecule has 0 atom stereocenters. The van der Waals surface area contributed by atoms with Crippen molar-refractivity contribution in [2.24, 2.45) is 5.41 Å². The van der Waals surface area contributed by atoms with Crippen LogP contribution in [0.1, 0.15) is 164 Å². The Kier molecular flexibility index (Phi) is 12.3. The molecule has 84 heavy (non-hydrogen) atoms. The van der Waals surface area contributed by atoms with E-state index in [0.29, 0.717) is 41.2 Å². The largest absolute Gasteiger partial charge is 0.457 e. The van der Waals surface area contributed by atoms with E-state index in [0.717, 1.165) is 96.3 Å². The Morgan fingerprint density at radius 3 is 1.86 bits per heavy atom. The highest BCUT2D eigenvalue weighted by Gasteiger charge is 2.38. The van der Waals surface area contributed by atoms with Crippen LogP contribution in [0.4, 0.5) is 22.7 Å². The van der Waals surface area contributed by atoms with Crippen molar-refractivity contribution in [1.82, 2.24) is 9.55 Å². The van der Waals surface area contributed by atoms with Crippen molar-refractivity contribution in [3.05, 3.63) is 215 Å². The van der Waals surface area contributed by atoms with Crippen LogP contribution in [0.3, 0.4) is 0 Å². The molecule has 0 fully saturated rings. The van der Waals surface area contributed by atoms with Gasteiger partial charge in [0.2, 0.25) is 0 Å². The summed E-state index contributed by atoms with van der Waals surface area (Å²) < 4.78 is 58.7. The standard InChI is InChI=1S/C79H86N4O/c1-74(2,3)48-53-44-72(80-49-64(53)51-31-34-54(35-32-51)75(4,5)6)83-68-28-18-17-25-61(68)62-39-37-58(47-71(62)83)84-57-24-21-23-56(46-57)81-50-82(70-30-20-19-29-69(70)81)73-59(52-33-40-65-67(43-52)79(15,16)42-41-78(65,13)14)26-22-27-63(73)60-38-36-55(76(7,8)9)45-66(60)77(10,11)12/h17-40,43-47,49H,41-42,48,50H2,1-16H3/i33D,40D,43D,48D2. The van der Waals surface area contributed by atoms with Gasteiger partial charge >= 0.3 is 0 Å². The molecule has 5 heteroatoms. The predicted octanol–water partition coefficient (Wildman–Crippen LogP) is 22.0. The molecule has 0 N–H and O–H groups in total. The summed E-state index contributed by atoms with van der Waals surface area (Å²) >= 11 is 0. The second-order valence-corrected chi connectivity index (χ2v) is 29.1. The molecule has 2 aliphatic rings. The normalized spacial score (nSPS) is 16.2. The van der Waals surface area contributed by atoms with Gasteiger partial charge in [-0.15, -0.1) is 0 Å². The first kappa shape index (κ1) is 50.6. The SMILES string of the molecule is [2H]c1c([2H])c2c(c([2H])c1-c1cccc(-c3ccc(C(C)(C)C)cc3C(C)(C)C)c1N1CN(c3cccc(Oc4ccc5c6ccccc6n(-c6cc(C([2H])([2H])C(C)(C)C)c(-c7ccc(C(C)(C)C)cc7)cn6)c5c4)c3)c3ccccc31)C(C)(C)CCC2(C)C. The molecule has 1 aliphatic carbocycles. The van der Waals surface area contributed by atoms with Gasteiger partial charge in [-0.2, -0.15) is 0 Å². The fourth-order valence-corrected chi connectivity index (χ4v) is 12.7. The van der Waals surface area contributed by atoms with Crippen LogP contribution in [0, 0.1) is 5.41 Å². The van der Waals surface area contributed by atoms with Gasteiger partial charge in [-0.3, -0.25) is 4.57 Å². The Hall–Kier alpha value is -7.89. The minimum absolute atomic E-state index is 0.0271. The summed E-state index contributed by atoms with van der Waals surface area (Å²) in [4.78, 5) is 9.85. The van der Waals surface area contributed by atoms with Gasteiger partial charge in [0.25, 0.3) is 0 Å². The lowest BCUT2D eigenvalue weighted by Crippen LogP contribution is -2.33. The first-order valence-electron chi connectivity index (χ1n) is 32.7. The summed E-state index contributed by atoms with van der Waals surface area (Å²) in [5, 5.41) is 2.08. The van der Waals surface area contributed by atoms with Crippen LogP contribution in [0.15, 0.2) is 182 Å². The lowest BCUT2D eigenvalue weighted by atomic mass is 9.63. The second-order valence-electron chi connectivity index (χ2n) is 29.1. The van der Waals surface area contributed by atoms with E-state index >= 15 is 0 Å². The van der Waals surface area contributed by atoms with E-state index in [9.17, 15) is 6.85 Å². The molecule has 0 amide bonds. The molecular weight excluding hydrogens is 1020 g/mol. The van der Waals surface area contributed by atoms with Crippen LogP contribution in [0.5, 0.6) is 11.5 Å². The maximum absolute atomic E-state index is 10.3. The fraction of sp³-hybridized carbons (Fsp3) is 0.329. The summed E-state index contributed by atoms with van der Waals surface area (Å²) in [6.07, 6.45) is 1.88. The molecule has 0 saturated heterocycles. The van der Waals surface area contributed by atoms with Crippen LogP contribution < -0.4 is 14.5 Å². The zero-order valence-electron chi connectivity index (χ0n) is 57.4. The van der Waals surface area contributed by atoms with E-state index in [2.05, 4.69) is 232 Å². The summed E-state index contributed by atoms with van der Waals surface area (Å²) in [5.41, 5.74) is 14.8. The van der Waals surface area contributed by atoms with E-state index in [1.807, 2.05) is 57.3 Å². The molecule has 10 aromatic rings. The van der Waals surface area contributed by atoms with Crippen LogP contribution in [-0.4, -0.2) is 16.2 Å². The third-order valence-corrected chi connectivity index (χ3v) is 17.5. The first-order valence-corrected chi connectivity index (χ1v) is 30.2. The third-order valence-electron chi connectivity index (χ3n) is 17.5. The van der Waals surface area contributed by atoms with Crippen molar-refractivity contribution in [3.8, 4) is 50.7 Å². The molecule has 0 spiro atoms. The lowest BCUT2D eigenvalue weighted by Gasteiger charge is -2.42. The molecule has 0 saturated carbocycles. The number of rotatable bonds is 9. The second kappa shape index (κ2) is 20.4. The van der Waals surface area contributed by atoms with Gasteiger partial charge in [0.1, 0.15) is 24.0 Å². The Labute approximate surface area is 508 Å². The van der Waals surface area contributed by atoms with Gasteiger partial charge in [-0.1, -0.05) is 226 Å². The monoisotopic (exact) mass is 1110 g/mol. The molecule has 428 valence electrons. The van der Waals surface area contributed by atoms with Crippen molar-refractivity contribution >= 4 is 44.6 Å². The van der Waals surface area contributed by atoms with Gasteiger partial charge < -0.3 is 14.5 Å². The number of ether oxygens (including phenoxy) is 1. The molecular formula is C79H86N4O. The molecule has 8 aromatic carbocycles. The molecule has 0 radical (unpaired) electrons. The van der Waals surface area contributed by atoms with Crippen LogP contribution in [0.2, 0.25) is 0 Å². The summed E-state index contributed by atoms with van der Waals surface area (Å²) in [6, 6.07) is 55.6. The van der Waals surface area contributed by atoms with Gasteiger partial charge in [-0.25, -0.2) is 4.98 Å². The Bertz CT molecular complexity index is 4450. The van der Waals surface area contributed by atoms with Crippen molar-refractivity contribution in [2.75, 3.05) is 16.5 Å². The van der Waals surface area contributed by atoms with Crippen molar-refractivity contribution in [1.29, 1.82) is 0 Å². The molecule has 5 nitrogen and oxygen atoms in total. The Balaban J connectivity index is 0.976. The third kappa shape index (κ3) is 10.5. The number of benzene rings is 8. The Morgan fingerprint density at radius 1 is 0.524 bits per heavy atom. The van der Waals surface area contributed by atoms with Gasteiger partial charge in [0, 0.05) is 54.2 Å². The zero-order chi connectivity index (χ0) is 63.9. The minimum Gasteiger partial charge on any atom is -0.457 e. The van der Waals surface area contributed by atoms with Crippen molar-refractivity contribution < 1.29 is 11.6 Å². The highest BCUT2D eigenvalue weighted by atomic mass is 16.5. The molecule has 3 heterocycles. The average Bonchev–Trinajstić information content (AvgIpc) is 1.51. The number of nitrogens with zero attached hydrogens (tertiary/aromatic N) is 4. The number of pyridine rings is 1. The smallest absolute Gasteiger partial charge is 0.137 e. The quantitative estimate of drug-likeness (QED) is 0.144. The topological polar surface area (TPSA) is 33.5 Å². The van der Waals surface area contributed by atoms with E-state index in [1.54, 1.807) is 0 Å². The van der Waals surface area contributed by atoms with Crippen molar-refractivity contribution in [2.45, 2.75) is 157 Å². The van der Waals surface area contributed by atoms with Gasteiger partial charge in [0.15, 0.2) is 0 Å². The number of hydrogen-bond acceptors (Lipinski definition) is 4. The maximum atomic E-state index is 10.3. The Morgan fingerprint density at radius 2 is 1.15 bits per heavy atom. The summed E-state index contributed by atoms with van der Waals surface area (Å²) in [7, 11) is 0.